The first-order valence-corrected chi connectivity index (χ1v) is 6.92. The predicted molar refractivity (Wildman–Crippen MR) is 86.5 cm³/mol. The van der Waals surface area contributed by atoms with E-state index in [1.807, 2.05) is 6.07 Å². The number of nitriles is 1. The number of rotatable bonds is 4. The van der Waals surface area contributed by atoms with Crippen molar-refractivity contribution in [1.29, 1.82) is 5.26 Å². The van der Waals surface area contributed by atoms with Gasteiger partial charge in [0, 0.05) is 23.8 Å². The van der Waals surface area contributed by atoms with Gasteiger partial charge in [0.1, 0.15) is 0 Å². The van der Waals surface area contributed by atoms with E-state index < -0.39 is 4.92 Å². The number of benzene rings is 2. The van der Waals surface area contributed by atoms with Crippen molar-refractivity contribution in [3.05, 3.63) is 75.7 Å². The van der Waals surface area contributed by atoms with Gasteiger partial charge in [-0.3, -0.25) is 10.1 Å². The van der Waals surface area contributed by atoms with Gasteiger partial charge in [-0.2, -0.15) is 5.26 Å². The zero-order valence-corrected chi connectivity index (χ0v) is 12.3. The van der Waals surface area contributed by atoms with Gasteiger partial charge in [0.25, 0.3) is 5.69 Å². The van der Waals surface area contributed by atoms with Crippen LogP contribution >= 0.6 is 0 Å². The van der Waals surface area contributed by atoms with E-state index in [0.717, 1.165) is 5.56 Å². The van der Waals surface area contributed by atoms with Crippen LogP contribution in [-0.4, -0.2) is 15.1 Å². The largest absolute Gasteiger partial charge is 0.417 e. The Balaban J connectivity index is 1.80. The maximum atomic E-state index is 10.8. The van der Waals surface area contributed by atoms with E-state index in [2.05, 4.69) is 10.2 Å². The molecule has 0 amide bonds. The summed E-state index contributed by atoms with van der Waals surface area (Å²) in [7, 11) is 0. The molecule has 0 saturated heterocycles. The van der Waals surface area contributed by atoms with Gasteiger partial charge >= 0.3 is 0 Å². The van der Waals surface area contributed by atoms with Gasteiger partial charge in [0.15, 0.2) is 0 Å². The third-order valence-corrected chi connectivity index (χ3v) is 3.20. The second kappa shape index (κ2) is 6.54. The minimum atomic E-state index is -0.481. The highest BCUT2D eigenvalue weighted by Crippen LogP contribution is 2.23. The van der Waals surface area contributed by atoms with Crippen LogP contribution in [0.4, 0.5) is 5.69 Å². The highest BCUT2D eigenvalue weighted by molar-refractivity contribution is 5.67. The average Bonchev–Trinajstić information content (AvgIpc) is 3.09. The Morgan fingerprint density at radius 1 is 1.12 bits per heavy atom. The summed E-state index contributed by atoms with van der Waals surface area (Å²) in [5.41, 5.74) is 1.90. The lowest BCUT2D eigenvalue weighted by Crippen LogP contribution is -1.88. The monoisotopic (exact) mass is 318 g/mol. The molecule has 0 spiro atoms. The van der Waals surface area contributed by atoms with Crippen LogP contribution in [0.2, 0.25) is 0 Å². The molecule has 7 heteroatoms. The number of non-ortho nitro benzene ring substituents is 1. The Hall–Kier alpha value is -3.79. The smallest absolute Gasteiger partial charge is 0.270 e. The van der Waals surface area contributed by atoms with Crippen molar-refractivity contribution in [2.24, 2.45) is 0 Å². The SMILES string of the molecule is N#Cc1ccc(/C=C/c2nnc(-c3cccc([N+](=O)[O-])c3)o2)cc1. The Kier molecular flexibility index (Phi) is 4.12. The van der Waals surface area contributed by atoms with E-state index in [0.29, 0.717) is 11.1 Å². The summed E-state index contributed by atoms with van der Waals surface area (Å²) < 4.78 is 5.49. The Bertz CT molecular complexity index is 952. The summed E-state index contributed by atoms with van der Waals surface area (Å²) in [6, 6.07) is 15.1. The fraction of sp³-hybridized carbons (Fsp3) is 0. The van der Waals surface area contributed by atoms with Crippen molar-refractivity contribution < 1.29 is 9.34 Å². The lowest BCUT2D eigenvalue weighted by Gasteiger charge is -1.94. The van der Waals surface area contributed by atoms with E-state index in [9.17, 15) is 10.1 Å². The molecule has 1 aromatic heterocycles. The highest BCUT2D eigenvalue weighted by atomic mass is 16.6. The summed E-state index contributed by atoms with van der Waals surface area (Å²) in [4.78, 5) is 10.3. The maximum Gasteiger partial charge on any atom is 0.270 e. The molecule has 0 N–H and O–H groups in total. The highest BCUT2D eigenvalue weighted by Gasteiger charge is 2.11. The van der Waals surface area contributed by atoms with Crippen LogP contribution in [0.25, 0.3) is 23.6 Å². The molecule has 0 bridgehead atoms. The first kappa shape index (κ1) is 15.1. The molecule has 0 aliphatic heterocycles. The number of nitro benzene ring substituents is 1. The number of aromatic nitrogens is 2. The molecule has 0 fully saturated rings. The van der Waals surface area contributed by atoms with Crippen molar-refractivity contribution in [2.45, 2.75) is 0 Å². The standard InChI is InChI=1S/C17H10N4O3/c18-11-13-6-4-12(5-7-13)8-9-16-19-20-17(24-16)14-2-1-3-15(10-14)21(22)23/h1-10H/b9-8+. The fourth-order valence-corrected chi connectivity index (χ4v) is 2.01. The Morgan fingerprint density at radius 3 is 2.62 bits per heavy atom. The number of nitrogens with zero attached hydrogens (tertiary/aromatic N) is 4. The number of nitro groups is 1. The third kappa shape index (κ3) is 3.34. The average molecular weight is 318 g/mol. The fourth-order valence-electron chi connectivity index (χ4n) is 2.01. The van der Waals surface area contributed by atoms with Gasteiger partial charge in [-0.1, -0.05) is 18.2 Å². The zero-order chi connectivity index (χ0) is 16.9. The molecule has 0 aliphatic carbocycles. The first-order valence-electron chi connectivity index (χ1n) is 6.92. The van der Waals surface area contributed by atoms with Crippen LogP contribution in [0.15, 0.2) is 52.9 Å². The van der Waals surface area contributed by atoms with Gasteiger partial charge in [0.2, 0.25) is 11.8 Å². The van der Waals surface area contributed by atoms with Gasteiger partial charge in [-0.05, 0) is 29.8 Å². The minimum absolute atomic E-state index is 0.0413. The molecule has 24 heavy (non-hydrogen) atoms. The van der Waals surface area contributed by atoms with E-state index in [1.54, 1.807) is 48.6 Å². The van der Waals surface area contributed by atoms with Gasteiger partial charge in [-0.15, -0.1) is 10.2 Å². The van der Waals surface area contributed by atoms with Gasteiger partial charge in [-0.25, -0.2) is 0 Å². The molecule has 3 aromatic rings. The van der Waals surface area contributed by atoms with Crippen LogP contribution in [0.5, 0.6) is 0 Å². The summed E-state index contributed by atoms with van der Waals surface area (Å²) in [6.07, 6.45) is 3.40. The molecule has 3 rings (SSSR count). The predicted octanol–water partition coefficient (Wildman–Crippen LogP) is 3.69. The normalized spacial score (nSPS) is 10.6. The van der Waals surface area contributed by atoms with Crippen LogP contribution in [0, 0.1) is 21.4 Å². The van der Waals surface area contributed by atoms with Crippen LogP contribution in [0.3, 0.4) is 0 Å². The zero-order valence-electron chi connectivity index (χ0n) is 12.3. The molecule has 0 atom stereocenters. The minimum Gasteiger partial charge on any atom is -0.417 e. The Morgan fingerprint density at radius 2 is 1.92 bits per heavy atom. The Labute approximate surface area is 136 Å². The summed E-state index contributed by atoms with van der Waals surface area (Å²) in [6.45, 7) is 0. The molecular weight excluding hydrogens is 308 g/mol. The van der Waals surface area contributed by atoms with Crippen LogP contribution in [0.1, 0.15) is 17.0 Å². The second-order valence-electron chi connectivity index (χ2n) is 4.82. The van der Waals surface area contributed by atoms with Gasteiger partial charge < -0.3 is 4.42 Å². The molecule has 116 valence electrons. The molecule has 0 saturated carbocycles. The van der Waals surface area contributed by atoms with E-state index in [-0.39, 0.29) is 17.5 Å². The van der Waals surface area contributed by atoms with E-state index in [1.165, 1.54) is 12.1 Å². The number of hydrogen-bond acceptors (Lipinski definition) is 6. The molecule has 7 nitrogen and oxygen atoms in total. The van der Waals surface area contributed by atoms with Crippen molar-refractivity contribution in [1.82, 2.24) is 10.2 Å². The van der Waals surface area contributed by atoms with E-state index in [4.69, 9.17) is 9.68 Å². The molecule has 2 aromatic carbocycles. The summed E-state index contributed by atoms with van der Waals surface area (Å²) in [5, 5.41) is 27.3. The van der Waals surface area contributed by atoms with Crippen LogP contribution in [-0.2, 0) is 0 Å². The first-order chi connectivity index (χ1) is 11.7. The molecule has 0 aliphatic rings. The van der Waals surface area contributed by atoms with Crippen molar-refractivity contribution in [2.75, 3.05) is 0 Å². The van der Waals surface area contributed by atoms with Crippen LogP contribution < -0.4 is 0 Å². The number of hydrogen-bond donors (Lipinski definition) is 0. The summed E-state index contributed by atoms with van der Waals surface area (Å²) in [5.74, 6) is 0.485. The quantitative estimate of drug-likeness (QED) is 0.536. The molecular formula is C17H10N4O3. The van der Waals surface area contributed by atoms with Crippen molar-refractivity contribution >= 4 is 17.8 Å². The van der Waals surface area contributed by atoms with Gasteiger partial charge in [0.05, 0.1) is 16.6 Å². The lowest BCUT2D eigenvalue weighted by atomic mass is 10.1. The molecule has 1 heterocycles. The lowest BCUT2D eigenvalue weighted by molar-refractivity contribution is -0.384. The molecule has 0 radical (unpaired) electrons. The maximum absolute atomic E-state index is 10.8. The molecule has 0 unspecified atom stereocenters. The summed E-state index contributed by atoms with van der Waals surface area (Å²) >= 11 is 0. The topological polar surface area (TPSA) is 106 Å². The van der Waals surface area contributed by atoms with E-state index >= 15 is 0 Å². The second-order valence-corrected chi connectivity index (χ2v) is 4.82. The third-order valence-electron chi connectivity index (χ3n) is 3.20. The van der Waals surface area contributed by atoms with Crippen molar-refractivity contribution in [3.63, 3.8) is 0 Å². The van der Waals surface area contributed by atoms with Crippen molar-refractivity contribution in [3.8, 4) is 17.5 Å².